The normalized spacial score (nSPS) is 20.7. The van der Waals surface area contributed by atoms with Crippen LogP contribution in [0.4, 0.5) is 13.2 Å². The summed E-state index contributed by atoms with van der Waals surface area (Å²) in [6.45, 7) is 2.19. The van der Waals surface area contributed by atoms with E-state index in [0.717, 1.165) is 18.4 Å². The average molecular weight is 350 g/mol. The number of hydrogen-bond acceptors (Lipinski definition) is 2. The van der Waals surface area contributed by atoms with Crippen LogP contribution in [0.5, 0.6) is 0 Å². The predicted octanol–water partition coefficient (Wildman–Crippen LogP) is 5.20. The standard InChI is InChI=1S/C20H21F3O2/c1-3-12-4-8-16(20(23)19(12)22)15-7-5-13(10-17(15)21)14-6-9-18(24-2)25-11-14/h4-5,7-8,10,14,18H,3,6,9,11H2,1-2H3. The van der Waals surface area contributed by atoms with E-state index in [4.69, 9.17) is 9.47 Å². The van der Waals surface area contributed by atoms with Crippen molar-refractivity contribution in [3.05, 3.63) is 58.9 Å². The minimum atomic E-state index is -1.00. The van der Waals surface area contributed by atoms with Gasteiger partial charge in [0.15, 0.2) is 17.9 Å². The first-order valence-corrected chi connectivity index (χ1v) is 8.46. The monoisotopic (exact) mass is 350 g/mol. The smallest absolute Gasteiger partial charge is 0.167 e. The SMILES string of the molecule is CCc1ccc(-c2ccc(C3CCC(OC)OC3)cc2F)c(F)c1F. The van der Waals surface area contributed by atoms with Crippen LogP contribution in [0.3, 0.4) is 0 Å². The van der Waals surface area contributed by atoms with Gasteiger partial charge in [-0.15, -0.1) is 0 Å². The summed E-state index contributed by atoms with van der Waals surface area (Å²) in [4.78, 5) is 0. The van der Waals surface area contributed by atoms with E-state index in [2.05, 4.69) is 0 Å². The van der Waals surface area contributed by atoms with E-state index in [1.54, 1.807) is 20.1 Å². The Morgan fingerprint density at radius 2 is 1.80 bits per heavy atom. The summed E-state index contributed by atoms with van der Waals surface area (Å²) in [6, 6.07) is 7.59. The van der Waals surface area contributed by atoms with Gasteiger partial charge in [0, 0.05) is 24.2 Å². The van der Waals surface area contributed by atoms with Crippen LogP contribution < -0.4 is 0 Å². The van der Waals surface area contributed by atoms with Crippen LogP contribution in [0.1, 0.15) is 36.8 Å². The van der Waals surface area contributed by atoms with Gasteiger partial charge in [-0.2, -0.15) is 0 Å². The molecule has 0 N–H and O–H groups in total. The van der Waals surface area contributed by atoms with Crippen molar-refractivity contribution in [1.82, 2.24) is 0 Å². The van der Waals surface area contributed by atoms with Gasteiger partial charge in [-0.3, -0.25) is 0 Å². The molecule has 2 unspecified atom stereocenters. The lowest BCUT2D eigenvalue weighted by atomic mass is 9.91. The van der Waals surface area contributed by atoms with E-state index >= 15 is 0 Å². The molecule has 0 radical (unpaired) electrons. The molecule has 0 spiro atoms. The zero-order valence-electron chi connectivity index (χ0n) is 14.3. The minimum absolute atomic E-state index is 0.0573. The van der Waals surface area contributed by atoms with Crippen LogP contribution in [0, 0.1) is 17.5 Å². The molecule has 1 heterocycles. The summed E-state index contributed by atoms with van der Waals surface area (Å²) in [6.07, 6.45) is 1.73. The maximum atomic E-state index is 14.6. The molecule has 0 bridgehead atoms. The highest BCUT2D eigenvalue weighted by Crippen LogP contribution is 2.33. The second kappa shape index (κ2) is 7.58. The van der Waals surface area contributed by atoms with E-state index < -0.39 is 17.5 Å². The Kier molecular flexibility index (Phi) is 5.45. The fourth-order valence-corrected chi connectivity index (χ4v) is 3.25. The van der Waals surface area contributed by atoms with Crippen LogP contribution in [0.2, 0.25) is 0 Å². The molecular weight excluding hydrogens is 329 g/mol. The van der Waals surface area contributed by atoms with Gasteiger partial charge in [-0.1, -0.05) is 31.2 Å². The molecule has 1 aliphatic heterocycles. The van der Waals surface area contributed by atoms with Crippen LogP contribution in [-0.2, 0) is 15.9 Å². The average Bonchev–Trinajstić information content (AvgIpc) is 2.64. The largest absolute Gasteiger partial charge is 0.356 e. The molecule has 2 nitrogen and oxygen atoms in total. The molecule has 0 aliphatic carbocycles. The van der Waals surface area contributed by atoms with Crippen LogP contribution in [0.15, 0.2) is 30.3 Å². The Bertz CT molecular complexity index is 753. The summed E-state index contributed by atoms with van der Waals surface area (Å²) in [5, 5.41) is 0. The number of aryl methyl sites for hydroxylation is 1. The lowest BCUT2D eigenvalue weighted by molar-refractivity contribution is -0.150. The molecule has 0 saturated carbocycles. The molecule has 3 rings (SSSR count). The topological polar surface area (TPSA) is 18.5 Å². The van der Waals surface area contributed by atoms with Crippen molar-refractivity contribution in [2.75, 3.05) is 13.7 Å². The first-order chi connectivity index (χ1) is 12.0. The van der Waals surface area contributed by atoms with Crippen molar-refractivity contribution in [3.63, 3.8) is 0 Å². The van der Waals surface area contributed by atoms with Gasteiger partial charge < -0.3 is 9.47 Å². The molecule has 2 aromatic rings. The van der Waals surface area contributed by atoms with Crippen LogP contribution >= 0.6 is 0 Å². The Balaban J connectivity index is 1.87. The quantitative estimate of drug-likeness (QED) is 0.754. The number of benzene rings is 2. The summed E-state index contributed by atoms with van der Waals surface area (Å²) in [5.74, 6) is -2.40. The van der Waals surface area contributed by atoms with E-state index in [1.165, 1.54) is 24.3 Å². The first kappa shape index (κ1) is 18.0. The summed E-state index contributed by atoms with van der Waals surface area (Å²) in [5.41, 5.74) is 1.08. The van der Waals surface area contributed by atoms with Gasteiger partial charge in [0.1, 0.15) is 5.82 Å². The highest BCUT2D eigenvalue weighted by molar-refractivity contribution is 5.66. The zero-order valence-corrected chi connectivity index (χ0v) is 14.3. The van der Waals surface area contributed by atoms with Crippen molar-refractivity contribution in [1.29, 1.82) is 0 Å². The summed E-state index contributed by atoms with van der Waals surface area (Å²) < 4.78 is 53.5. The molecule has 1 saturated heterocycles. The summed E-state index contributed by atoms with van der Waals surface area (Å²) >= 11 is 0. The molecule has 0 aromatic heterocycles. The highest BCUT2D eigenvalue weighted by Gasteiger charge is 2.24. The van der Waals surface area contributed by atoms with Gasteiger partial charge in [-0.25, -0.2) is 13.2 Å². The Labute approximate surface area is 145 Å². The second-order valence-electron chi connectivity index (χ2n) is 6.27. The molecule has 5 heteroatoms. The highest BCUT2D eigenvalue weighted by atomic mass is 19.2. The van der Waals surface area contributed by atoms with Gasteiger partial charge in [0.05, 0.1) is 6.61 Å². The molecule has 1 aliphatic rings. The maximum Gasteiger partial charge on any atom is 0.167 e. The van der Waals surface area contributed by atoms with E-state index in [9.17, 15) is 13.2 Å². The van der Waals surface area contributed by atoms with Crippen molar-refractivity contribution < 1.29 is 22.6 Å². The second-order valence-corrected chi connectivity index (χ2v) is 6.27. The lowest BCUT2D eigenvalue weighted by Gasteiger charge is -2.28. The van der Waals surface area contributed by atoms with E-state index in [0.29, 0.717) is 13.0 Å². The van der Waals surface area contributed by atoms with Crippen LogP contribution in [-0.4, -0.2) is 20.0 Å². The van der Waals surface area contributed by atoms with Crippen LogP contribution in [0.25, 0.3) is 11.1 Å². The molecule has 2 aromatic carbocycles. The van der Waals surface area contributed by atoms with Crippen molar-refractivity contribution in [2.24, 2.45) is 0 Å². The predicted molar refractivity (Wildman–Crippen MR) is 89.9 cm³/mol. The molecule has 25 heavy (non-hydrogen) atoms. The zero-order chi connectivity index (χ0) is 18.0. The third-order valence-corrected chi connectivity index (χ3v) is 4.79. The Hall–Kier alpha value is -1.85. The van der Waals surface area contributed by atoms with E-state index in [1.807, 2.05) is 0 Å². The maximum absolute atomic E-state index is 14.6. The minimum Gasteiger partial charge on any atom is -0.356 e. The number of halogens is 3. The Morgan fingerprint density at radius 1 is 1.04 bits per heavy atom. The van der Waals surface area contributed by atoms with Gasteiger partial charge in [-0.05, 0) is 36.5 Å². The summed E-state index contributed by atoms with van der Waals surface area (Å²) in [7, 11) is 1.59. The molecular formula is C20H21F3O2. The number of hydrogen-bond donors (Lipinski definition) is 0. The molecule has 134 valence electrons. The first-order valence-electron chi connectivity index (χ1n) is 8.46. The lowest BCUT2D eigenvalue weighted by Crippen LogP contribution is -2.26. The fraction of sp³-hybridized carbons (Fsp3) is 0.400. The van der Waals surface area contributed by atoms with E-state index in [-0.39, 0.29) is 28.9 Å². The van der Waals surface area contributed by atoms with Gasteiger partial charge >= 0.3 is 0 Å². The third-order valence-electron chi connectivity index (χ3n) is 4.79. The van der Waals surface area contributed by atoms with Gasteiger partial charge in [0.25, 0.3) is 0 Å². The van der Waals surface area contributed by atoms with Crippen molar-refractivity contribution in [3.8, 4) is 11.1 Å². The van der Waals surface area contributed by atoms with Crippen molar-refractivity contribution >= 4 is 0 Å². The molecule has 1 fully saturated rings. The molecule has 2 atom stereocenters. The number of ether oxygens (including phenoxy) is 2. The Morgan fingerprint density at radius 3 is 2.40 bits per heavy atom. The molecule has 0 amide bonds. The number of rotatable bonds is 4. The van der Waals surface area contributed by atoms with Crippen molar-refractivity contribution in [2.45, 2.75) is 38.4 Å². The van der Waals surface area contributed by atoms with Gasteiger partial charge in [0.2, 0.25) is 0 Å². The number of methoxy groups -OCH3 is 1. The fourth-order valence-electron chi connectivity index (χ4n) is 3.25. The third kappa shape index (κ3) is 3.58.